The van der Waals surface area contributed by atoms with Gasteiger partial charge in [-0.15, -0.1) is 12.4 Å². The zero-order valence-electron chi connectivity index (χ0n) is 14.2. The molecule has 0 aromatic heterocycles. The molecule has 0 saturated carbocycles. The van der Waals surface area contributed by atoms with E-state index in [0.29, 0.717) is 18.9 Å². The van der Waals surface area contributed by atoms with Gasteiger partial charge in [0.1, 0.15) is 17.9 Å². The molecule has 0 fully saturated rings. The van der Waals surface area contributed by atoms with Crippen LogP contribution in [0.5, 0.6) is 5.75 Å². The molecule has 2 aromatic carbocycles. The Morgan fingerprint density at radius 2 is 1.79 bits per heavy atom. The average molecular weight is 350 g/mol. The van der Waals surface area contributed by atoms with E-state index in [2.05, 4.69) is 43.0 Å². The standard InChI is InChI=1S/C19H23NO3.ClH/c1-14-8-10-16(11-9-14)15(2)20(3)12-13-23-18-7-5-4-6-17(18)19(21)22;/h4-11,15H,12-13H2,1-3H3,(H,21,22);1H. The lowest BCUT2D eigenvalue weighted by Crippen LogP contribution is -2.27. The van der Waals surface area contributed by atoms with E-state index in [4.69, 9.17) is 9.84 Å². The summed E-state index contributed by atoms with van der Waals surface area (Å²) in [5, 5.41) is 9.14. The summed E-state index contributed by atoms with van der Waals surface area (Å²) in [6.07, 6.45) is 0. The molecule has 2 rings (SSSR count). The molecule has 1 N–H and O–H groups in total. The summed E-state index contributed by atoms with van der Waals surface area (Å²) in [6.45, 7) is 5.38. The van der Waals surface area contributed by atoms with Crippen LogP contribution in [0, 0.1) is 6.92 Å². The van der Waals surface area contributed by atoms with Gasteiger partial charge in [-0.25, -0.2) is 4.79 Å². The third-order valence-electron chi connectivity index (χ3n) is 4.04. The number of carboxylic acid groups (broad SMARTS) is 1. The highest BCUT2D eigenvalue weighted by atomic mass is 35.5. The van der Waals surface area contributed by atoms with Crippen LogP contribution in [0.15, 0.2) is 48.5 Å². The second-order valence-electron chi connectivity index (χ2n) is 5.72. The first-order valence-corrected chi connectivity index (χ1v) is 7.71. The van der Waals surface area contributed by atoms with Crippen molar-refractivity contribution >= 4 is 18.4 Å². The van der Waals surface area contributed by atoms with Crippen LogP contribution in [0.3, 0.4) is 0 Å². The predicted octanol–water partition coefficient (Wildman–Crippen LogP) is 4.19. The molecular weight excluding hydrogens is 326 g/mol. The summed E-state index contributed by atoms with van der Waals surface area (Å²) in [4.78, 5) is 13.3. The first-order chi connectivity index (χ1) is 11.0. The fourth-order valence-electron chi connectivity index (χ4n) is 2.36. The van der Waals surface area contributed by atoms with E-state index in [-0.39, 0.29) is 24.0 Å². The molecule has 130 valence electrons. The molecule has 1 atom stereocenters. The van der Waals surface area contributed by atoms with Gasteiger partial charge in [0.05, 0.1) is 0 Å². The lowest BCUT2D eigenvalue weighted by molar-refractivity contribution is 0.0691. The van der Waals surface area contributed by atoms with Gasteiger partial charge >= 0.3 is 5.97 Å². The Hall–Kier alpha value is -2.04. The van der Waals surface area contributed by atoms with Gasteiger partial charge in [0.15, 0.2) is 0 Å². The number of nitrogens with zero attached hydrogens (tertiary/aromatic N) is 1. The van der Waals surface area contributed by atoms with Crippen LogP contribution >= 0.6 is 12.4 Å². The molecule has 0 aliphatic rings. The third-order valence-corrected chi connectivity index (χ3v) is 4.04. The van der Waals surface area contributed by atoms with Crippen molar-refractivity contribution < 1.29 is 14.6 Å². The molecule has 0 amide bonds. The fourth-order valence-corrected chi connectivity index (χ4v) is 2.36. The third kappa shape index (κ3) is 5.25. The average Bonchev–Trinajstić information content (AvgIpc) is 2.55. The minimum absolute atomic E-state index is 0. The van der Waals surface area contributed by atoms with E-state index >= 15 is 0 Å². The number of benzene rings is 2. The quantitative estimate of drug-likeness (QED) is 0.814. The zero-order valence-corrected chi connectivity index (χ0v) is 15.0. The van der Waals surface area contributed by atoms with E-state index < -0.39 is 5.97 Å². The van der Waals surface area contributed by atoms with Crippen molar-refractivity contribution in [1.29, 1.82) is 0 Å². The molecule has 0 aliphatic heterocycles. The number of rotatable bonds is 7. The number of carboxylic acids is 1. The molecule has 0 spiro atoms. The van der Waals surface area contributed by atoms with Gasteiger partial charge in [-0.05, 0) is 38.6 Å². The van der Waals surface area contributed by atoms with Gasteiger partial charge in [-0.2, -0.15) is 0 Å². The number of halogens is 1. The highest BCUT2D eigenvalue weighted by Gasteiger charge is 2.13. The number of carbonyl (C=O) groups is 1. The number of hydrogen-bond acceptors (Lipinski definition) is 3. The van der Waals surface area contributed by atoms with Crippen molar-refractivity contribution in [2.24, 2.45) is 0 Å². The molecule has 0 radical (unpaired) electrons. The Morgan fingerprint density at radius 1 is 1.17 bits per heavy atom. The maximum absolute atomic E-state index is 11.1. The van der Waals surface area contributed by atoms with Gasteiger partial charge in [0, 0.05) is 12.6 Å². The molecule has 24 heavy (non-hydrogen) atoms. The molecule has 5 heteroatoms. The molecule has 0 aliphatic carbocycles. The number of aromatic carboxylic acids is 1. The van der Waals surface area contributed by atoms with Crippen LogP contribution < -0.4 is 4.74 Å². The molecule has 0 saturated heterocycles. The van der Waals surface area contributed by atoms with Gasteiger partial charge in [0.25, 0.3) is 0 Å². The summed E-state index contributed by atoms with van der Waals surface area (Å²) in [5.41, 5.74) is 2.70. The molecule has 0 heterocycles. The summed E-state index contributed by atoms with van der Waals surface area (Å²) >= 11 is 0. The lowest BCUT2D eigenvalue weighted by atomic mass is 10.1. The highest BCUT2D eigenvalue weighted by Crippen LogP contribution is 2.20. The SMILES string of the molecule is Cc1ccc(C(C)N(C)CCOc2ccccc2C(=O)O)cc1.Cl. The van der Waals surface area contributed by atoms with E-state index in [9.17, 15) is 4.79 Å². The van der Waals surface area contributed by atoms with Crippen LogP contribution in [0.2, 0.25) is 0 Å². The topological polar surface area (TPSA) is 49.8 Å². The van der Waals surface area contributed by atoms with Gasteiger partial charge in [0.2, 0.25) is 0 Å². The smallest absolute Gasteiger partial charge is 0.339 e. The number of aryl methyl sites for hydroxylation is 1. The minimum atomic E-state index is -0.970. The minimum Gasteiger partial charge on any atom is -0.491 e. The summed E-state index contributed by atoms with van der Waals surface area (Å²) in [6, 6.07) is 15.5. The van der Waals surface area contributed by atoms with Crippen molar-refractivity contribution in [3.63, 3.8) is 0 Å². The fraction of sp³-hybridized carbons (Fsp3) is 0.316. The summed E-state index contributed by atoms with van der Waals surface area (Å²) in [7, 11) is 2.04. The Morgan fingerprint density at radius 3 is 2.42 bits per heavy atom. The lowest BCUT2D eigenvalue weighted by Gasteiger charge is -2.25. The van der Waals surface area contributed by atoms with E-state index in [1.165, 1.54) is 11.1 Å². The second-order valence-corrected chi connectivity index (χ2v) is 5.72. The largest absolute Gasteiger partial charge is 0.491 e. The van der Waals surface area contributed by atoms with E-state index in [1.807, 2.05) is 7.05 Å². The molecule has 0 bridgehead atoms. The van der Waals surface area contributed by atoms with Crippen molar-refractivity contribution in [2.45, 2.75) is 19.9 Å². The van der Waals surface area contributed by atoms with Crippen LogP contribution in [0.25, 0.3) is 0 Å². The molecule has 1 unspecified atom stereocenters. The second kappa shape index (κ2) is 9.30. The predicted molar refractivity (Wildman–Crippen MR) is 98.4 cm³/mol. The zero-order chi connectivity index (χ0) is 16.8. The van der Waals surface area contributed by atoms with Crippen molar-refractivity contribution in [2.75, 3.05) is 20.2 Å². The monoisotopic (exact) mass is 349 g/mol. The highest BCUT2D eigenvalue weighted by molar-refractivity contribution is 5.90. The number of likely N-dealkylation sites (N-methyl/N-ethyl adjacent to an activating group) is 1. The molecule has 4 nitrogen and oxygen atoms in total. The van der Waals surface area contributed by atoms with Crippen molar-refractivity contribution in [3.05, 3.63) is 65.2 Å². The molecular formula is C19H24ClNO3. The normalized spacial score (nSPS) is 11.7. The Balaban J connectivity index is 0.00000288. The van der Waals surface area contributed by atoms with E-state index in [0.717, 1.165) is 0 Å². The van der Waals surface area contributed by atoms with Crippen LogP contribution in [0.1, 0.15) is 34.5 Å². The Bertz CT molecular complexity index is 658. The summed E-state index contributed by atoms with van der Waals surface area (Å²) in [5.74, 6) is -0.557. The van der Waals surface area contributed by atoms with Crippen molar-refractivity contribution in [3.8, 4) is 5.75 Å². The number of ether oxygens (including phenoxy) is 1. The van der Waals surface area contributed by atoms with Crippen molar-refractivity contribution in [1.82, 2.24) is 4.90 Å². The van der Waals surface area contributed by atoms with E-state index in [1.54, 1.807) is 24.3 Å². The number of para-hydroxylation sites is 1. The van der Waals surface area contributed by atoms with Gasteiger partial charge in [-0.1, -0.05) is 42.0 Å². The first-order valence-electron chi connectivity index (χ1n) is 7.71. The maximum Gasteiger partial charge on any atom is 0.339 e. The van der Waals surface area contributed by atoms with Crippen LogP contribution in [-0.2, 0) is 0 Å². The Labute approximate surface area is 149 Å². The van der Waals surface area contributed by atoms with Crippen LogP contribution in [0.4, 0.5) is 0 Å². The van der Waals surface area contributed by atoms with Gasteiger partial charge in [-0.3, -0.25) is 4.90 Å². The van der Waals surface area contributed by atoms with Gasteiger partial charge < -0.3 is 9.84 Å². The van der Waals surface area contributed by atoms with Crippen LogP contribution in [-0.4, -0.2) is 36.2 Å². The number of hydrogen-bond donors (Lipinski definition) is 1. The maximum atomic E-state index is 11.1. The first kappa shape index (κ1) is 20.0. The molecule has 2 aromatic rings. The summed E-state index contributed by atoms with van der Waals surface area (Å²) < 4.78 is 5.65. The Kier molecular flexibility index (Phi) is 7.75.